The van der Waals surface area contributed by atoms with Gasteiger partial charge in [0.25, 0.3) is 5.91 Å². The molecule has 4 nitrogen and oxygen atoms in total. The fourth-order valence-corrected chi connectivity index (χ4v) is 3.80. The lowest BCUT2D eigenvalue weighted by molar-refractivity contribution is 0.0895. The third-order valence-corrected chi connectivity index (χ3v) is 5.82. The molecule has 1 atom stereocenters. The van der Waals surface area contributed by atoms with Crippen LogP contribution in [-0.4, -0.2) is 30.4 Å². The van der Waals surface area contributed by atoms with E-state index in [1.165, 1.54) is 18.4 Å². The summed E-state index contributed by atoms with van der Waals surface area (Å²) in [6.07, 6.45) is 2.39. The molecule has 2 aromatic rings. The first-order chi connectivity index (χ1) is 13.2. The number of aryl methyl sites for hydroxylation is 1. The summed E-state index contributed by atoms with van der Waals surface area (Å²) in [5, 5.41) is 3.13. The number of carbonyl (C=O) groups is 1. The van der Waals surface area contributed by atoms with Gasteiger partial charge < -0.3 is 9.73 Å². The normalized spacial score (nSPS) is 17.5. The van der Waals surface area contributed by atoms with Crippen molar-refractivity contribution in [2.75, 3.05) is 19.6 Å². The van der Waals surface area contributed by atoms with Gasteiger partial charge in [-0.25, -0.2) is 0 Å². The van der Waals surface area contributed by atoms with Gasteiger partial charge in [-0.2, -0.15) is 0 Å². The van der Waals surface area contributed by atoms with Crippen molar-refractivity contribution < 1.29 is 9.21 Å². The van der Waals surface area contributed by atoms with Crippen LogP contribution in [0, 0.1) is 12.8 Å². The minimum Gasteiger partial charge on any atom is -0.465 e. The quantitative estimate of drug-likeness (QED) is 0.783. The monoisotopic (exact) mass is 382 g/mol. The summed E-state index contributed by atoms with van der Waals surface area (Å²) in [5.74, 6) is 2.59. The number of hydrogen-bond donors (Lipinski definition) is 1. The number of furan rings is 1. The molecule has 1 aromatic heterocycles. The van der Waals surface area contributed by atoms with Crippen LogP contribution in [0.3, 0.4) is 0 Å². The summed E-state index contributed by atoms with van der Waals surface area (Å²) in [4.78, 5) is 15.2. The zero-order valence-corrected chi connectivity index (χ0v) is 17.9. The van der Waals surface area contributed by atoms with Crippen molar-refractivity contribution in [2.45, 2.75) is 58.9 Å². The molecule has 0 radical (unpaired) electrons. The molecule has 1 amide bonds. The maximum Gasteiger partial charge on any atom is 0.251 e. The van der Waals surface area contributed by atoms with E-state index in [2.05, 4.69) is 37.9 Å². The Kier molecular flexibility index (Phi) is 6.29. The van der Waals surface area contributed by atoms with Crippen LogP contribution in [0.2, 0.25) is 0 Å². The van der Waals surface area contributed by atoms with Gasteiger partial charge in [0, 0.05) is 12.1 Å². The number of likely N-dealkylation sites (tertiary alicyclic amines) is 1. The predicted octanol–water partition coefficient (Wildman–Crippen LogP) is 5.09. The van der Waals surface area contributed by atoms with Crippen molar-refractivity contribution >= 4 is 5.91 Å². The van der Waals surface area contributed by atoms with Crippen LogP contribution in [0.4, 0.5) is 0 Å². The van der Waals surface area contributed by atoms with Gasteiger partial charge in [-0.15, -0.1) is 0 Å². The van der Waals surface area contributed by atoms with Crippen LogP contribution in [0.15, 0.2) is 40.8 Å². The standard InChI is InChI=1S/C24H34N2O2/c1-17-12-14-26(15-13-17)21(22-11-6-18(2)28-22)16-25-23(27)19-7-9-20(10-8-19)24(3,4)5/h6-11,17,21H,12-16H2,1-5H3,(H,25,27)/t21-/m0/s1. The van der Waals surface area contributed by atoms with Crippen LogP contribution in [0.1, 0.15) is 74.0 Å². The molecule has 28 heavy (non-hydrogen) atoms. The van der Waals surface area contributed by atoms with Crippen LogP contribution in [0.5, 0.6) is 0 Å². The fourth-order valence-electron chi connectivity index (χ4n) is 3.80. The Hall–Kier alpha value is -2.07. The Bertz CT molecular complexity index is 778. The van der Waals surface area contributed by atoms with Crippen LogP contribution >= 0.6 is 0 Å². The molecule has 1 N–H and O–H groups in total. The van der Waals surface area contributed by atoms with Gasteiger partial charge in [0.1, 0.15) is 11.5 Å². The van der Waals surface area contributed by atoms with E-state index in [-0.39, 0.29) is 17.4 Å². The van der Waals surface area contributed by atoms with Gasteiger partial charge >= 0.3 is 0 Å². The minimum absolute atomic E-state index is 0.0286. The molecule has 0 aliphatic carbocycles. The van der Waals surface area contributed by atoms with Crippen molar-refractivity contribution in [3.05, 3.63) is 59.0 Å². The van der Waals surface area contributed by atoms with Crippen LogP contribution in [-0.2, 0) is 5.41 Å². The number of nitrogens with one attached hydrogen (secondary N) is 1. The number of benzene rings is 1. The minimum atomic E-state index is -0.0286. The first kappa shape index (κ1) is 20.7. The second-order valence-corrected chi connectivity index (χ2v) is 9.22. The maximum absolute atomic E-state index is 12.7. The molecular weight excluding hydrogens is 348 g/mol. The molecule has 0 unspecified atom stereocenters. The number of piperidine rings is 1. The molecule has 4 heteroatoms. The van der Waals surface area contributed by atoms with E-state index in [0.717, 1.165) is 30.5 Å². The van der Waals surface area contributed by atoms with E-state index in [4.69, 9.17) is 4.42 Å². The Labute approximate surface area is 169 Å². The number of rotatable bonds is 5. The topological polar surface area (TPSA) is 45.5 Å². The van der Waals surface area contributed by atoms with Crippen molar-refractivity contribution in [1.29, 1.82) is 0 Å². The van der Waals surface area contributed by atoms with Crippen molar-refractivity contribution in [3.8, 4) is 0 Å². The highest BCUT2D eigenvalue weighted by molar-refractivity contribution is 5.94. The first-order valence-electron chi connectivity index (χ1n) is 10.4. The summed E-state index contributed by atoms with van der Waals surface area (Å²) in [6, 6.07) is 12.1. The molecule has 2 heterocycles. The molecule has 1 aliphatic rings. The maximum atomic E-state index is 12.7. The summed E-state index contributed by atoms with van der Waals surface area (Å²) >= 11 is 0. The van der Waals surface area contributed by atoms with Crippen molar-refractivity contribution in [1.82, 2.24) is 10.2 Å². The molecule has 0 saturated carbocycles. The van der Waals surface area contributed by atoms with Gasteiger partial charge in [0.15, 0.2) is 0 Å². The average molecular weight is 383 g/mol. The zero-order valence-electron chi connectivity index (χ0n) is 17.9. The van der Waals surface area contributed by atoms with E-state index in [9.17, 15) is 4.79 Å². The largest absolute Gasteiger partial charge is 0.465 e. The smallest absolute Gasteiger partial charge is 0.251 e. The van der Waals surface area contributed by atoms with E-state index in [0.29, 0.717) is 12.1 Å². The average Bonchev–Trinajstić information content (AvgIpc) is 3.08. The molecular formula is C24H34N2O2. The van der Waals surface area contributed by atoms with Crippen molar-refractivity contribution in [2.24, 2.45) is 5.92 Å². The van der Waals surface area contributed by atoms with Crippen molar-refractivity contribution in [3.63, 3.8) is 0 Å². The lowest BCUT2D eigenvalue weighted by Crippen LogP contribution is -2.41. The molecule has 0 spiro atoms. The second-order valence-electron chi connectivity index (χ2n) is 9.22. The summed E-state index contributed by atoms with van der Waals surface area (Å²) in [7, 11) is 0. The Morgan fingerprint density at radius 3 is 2.32 bits per heavy atom. The second kappa shape index (κ2) is 8.52. The first-order valence-corrected chi connectivity index (χ1v) is 10.4. The Morgan fingerprint density at radius 1 is 1.14 bits per heavy atom. The molecule has 1 aromatic carbocycles. The third kappa shape index (κ3) is 5.05. The van der Waals surface area contributed by atoms with E-state index in [1.807, 2.05) is 43.3 Å². The number of nitrogens with zero attached hydrogens (tertiary/aromatic N) is 1. The molecule has 1 saturated heterocycles. The molecule has 1 fully saturated rings. The number of carbonyl (C=O) groups excluding carboxylic acids is 1. The Balaban J connectivity index is 1.68. The number of hydrogen-bond acceptors (Lipinski definition) is 3. The lowest BCUT2D eigenvalue weighted by atomic mass is 9.87. The highest BCUT2D eigenvalue weighted by Crippen LogP contribution is 2.28. The predicted molar refractivity (Wildman–Crippen MR) is 114 cm³/mol. The highest BCUT2D eigenvalue weighted by Gasteiger charge is 2.27. The number of amides is 1. The van der Waals surface area contributed by atoms with Crippen LogP contribution in [0.25, 0.3) is 0 Å². The lowest BCUT2D eigenvalue weighted by Gasteiger charge is -2.35. The summed E-state index contributed by atoms with van der Waals surface area (Å²) < 4.78 is 5.92. The van der Waals surface area contributed by atoms with E-state index < -0.39 is 0 Å². The zero-order chi connectivity index (χ0) is 20.3. The third-order valence-electron chi connectivity index (χ3n) is 5.82. The van der Waals surface area contributed by atoms with E-state index >= 15 is 0 Å². The summed E-state index contributed by atoms with van der Waals surface area (Å²) in [5.41, 5.74) is 2.02. The van der Waals surface area contributed by atoms with Gasteiger partial charge in [-0.1, -0.05) is 39.8 Å². The molecule has 1 aliphatic heterocycles. The summed E-state index contributed by atoms with van der Waals surface area (Å²) in [6.45, 7) is 13.5. The molecule has 152 valence electrons. The van der Waals surface area contributed by atoms with Gasteiger partial charge in [-0.3, -0.25) is 9.69 Å². The van der Waals surface area contributed by atoms with Gasteiger partial charge in [0.2, 0.25) is 0 Å². The van der Waals surface area contributed by atoms with Gasteiger partial charge in [0.05, 0.1) is 6.04 Å². The van der Waals surface area contributed by atoms with Crippen LogP contribution < -0.4 is 5.32 Å². The molecule has 3 rings (SSSR count). The SMILES string of the molecule is Cc1ccc([C@H](CNC(=O)c2ccc(C(C)(C)C)cc2)N2CCC(C)CC2)o1. The highest BCUT2D eigenvalue weighted by atomic mass is 16.3. The molecule has 0 bridgehead atoms. The Morgan fingerprint density at radius 2 is 1.79 bits per heavy atom. The fraction of sp³-hybridized carbons (Fsp3) is 0.542. The van der Waals surface area contributed by atoms with Gasteiger partial charge in [-0.05, 0) is 74.0 Å². The van der Waals surface area contributed by atoms with E-state index in [1.54, 1.807) is 0 Å².